The van der Waals surface area contributed by atoms with Gasteiger partial charge >= 0.3 is 0 Å². The lowest BCUT2D eigenvalue weighted by Gasteiger charge is -2.38. The number of likely N-dealkylation sites (tertiary alicyclic amines) is 1. The highest BCUT2D eigenvalue weighted by molar-refractivity contribution is 6.04. The molecule has 0 aliphatic carbocycles. The van der Waals surface area contributed by atoms with Crippen LogP contribution >= 0.6 is 0 Å². The van der Waals surface area contributed by atoms with Crippen LogP contribution in [-0.4, -0.2) is 62.6 Å². The van der Waals surface area contributed by atoms with Crippen molar-refractivity contribution in [2.45, 2.75) is 25.8 Å². The zero-order valence-electron chi connectivity index (χ0n) is 17.7. The van der Waals surface area contributed by atoms with Gasteiger partial charge in [0.25, 0.3) is 0 Å². The number of methoxy groups -OCH3 is 2. The van der Waals surface area contributed by atoms with Crippen molar-refractivity contribution in [2.75, 3.05) is 40.9 Å². The smallest absolute Gasteiger partial charge is 0.161 e. The Morgan fingerprint density at radius 3 is 2.55 bits per heavy atom. The van der Waals surface area contributed by atoms with Crippen LogP contribution in [0.25, 0.3) is 5.70 Å². The van der Waals surface area contributed by atoms with Gasteiger partial charge in [-0.15, -0.1) is 0 Å². The lowest BCUT2D eigenvalue weighted by atomic mass is 10.0. The second-order valence-electron chi connectivity index (χ2n) is 7.68. The summed E-state index contributed by atoms with van der Waals surface area (Å²) in [5.74, 6) is 2.47. The van der Waals surface area contributed by atoms with Crippen molar-refractivity contribution in [2.24, 2.45) is 4.99 Å². The normalized spacial score (nSPS) is 19.7. The third-order valence-corrected chi connectivity index (χ3v) is 5.93. The average molecular weight is 395 g/mol. The van der Waals surface area contributed by atoms with Crippen LogP contribution in [0, 0.1) is 0 Å². The third kappa shape index (κ3) is 3.90. The van der Waals surface area contributed by atoms with Crippen molar-refractivity contribution in [1.29, 1.82) is 0 Å². The van der Waals surface area contributed by atoms with E-state index < -0.39 is 0 Å². The highest BCUT2D eigenvalue weighted by Gasteiger charge is 2.25. The van der Waals surface area contributed by atoms with E-state index in [-0.39, 0.29) is 0 Å². The van der Waals surface area contributed by atoms with E-state index in [9.17, 15) is 0 Å². The van der Waals surface area contributed by atoms with Crippen molar-refractivity contribution in [3.05, 3.63) is 53.4 Å². The highest BCUT2D eigenvalue weighted by atomic mass is 16.5. The van der Waals surface area contributed by atoms with Gasteiger partial charge in [-0.05, 0) is 62.7 Å². The van der Waals surface area contributed by atoms with Gasteiger partial charge in [-0.25, -0.2) is 4.99 Å². The first-order chi connectivity index (χ1) is 14.1. The molecule has 6 heteroatoms. The van der Waals surface area contributed by atoms with E-state index >= 15 is 0 Å². The Balaban J connectivity index is 1.54. The molecule has 1 aromatic rings. The molecule has 1 fully saturated rings. The van der Waals surface area contributed by atoms with E-state index in [1.807, 2.05) is 18.2 Å². The summed E-state index contributed by atoms with van der Waals surface area (Å²) in [5, 5.41) is 3.40. The number of amidine groups is 1. The van der Waals surface area contributed by atoms with Crippen molar-refractivity contribution >= 4 is 11.5 Å². The topological polar surface area (TPSA) is 49.3 Å². The summed E-state index contributed by atoms with van der Waals surface area (Å²) in [7, 11) is 5.37. The molecule has 0 spiro atoms. The number of piperidine rings is 1. The first kappa shape index (κ1) is 19.6. The molecule has 3 aliphatic rings. The lowest BCUT2D eigenvalue weighted by molar-refractivity contribution is 0.250. The SMILES string of the molecule is CNC1CCN(C2=CN3CC=C(c4ccc(OC)c(OC)c4)N=C3C(C)=C2)CC1. The molecule has 0 aromatic heterocycles. The summed E-state index contributed by atoms with van der Waals surface area (Å²) < 4.78 is 10.8. The van der Waals surface area contributed by atoms with Crippen LogP contribution in [-0.2, 0) is 0 Å². The fourth-order valence-electron chi connectivity index (χ4n) is 4.18. The Kier molecular flexibility index (Phi) is 5.62. The molecular weight excluding hydrogens is 364 g/mol. The quantitative estimate of drug-likeness (QED) is 0.831. The Hall–Kier alpha value is -2.73. The molecule has 4 rings (SSSR count). The predicted octanol–water partition coefficient (Wildman–Crippen LogP) is 3.24. The number of ether oxygens (including phenoxy) is 2. The minimum absolute atomic E-state index is 0.639. The minimum atomic E-state index is 0.639. The maximum absolute atomic E-state index is 5.45. The highest BCUT2D eigenvalue weighted by Crippen LogP contribution is 2.33. The van der Waals surface area contributed by atoms with Gasteiger partial charge in [-0.2, -0.15) is 0 Å². The third-order valence-electron chi connectivity index (χ3n) is 5.93. The maximum atomic E-state index is 5.45. The molecule has 6 nitrogen and oxygen atoms in total. The zero-order valence-corrected chi connectivity index (χ0v) is 17.7. The first-order valence-electron chi connectivity index (χ1n) is 10.2. The van der Waals surface area contributed by atoms with Crippen molar-refractivity contribution in [3.8, 4) is 11.5 Å². The van der Waals surface area contributed by atoms with Gasteiger partial charge < -0.3 is 24.6 Å². The van der Waals surface area contributed by atoms with E-state index in [0.717, 1.165) is 48.2 Å². The van der Waals surface area contributed by atoms with Crippen LogP contribution in [0.4, 0.5) is 0 Å². The summed E-state index contributed by atoms with van der Waals surface area (Å²) in [5.41, 5.74) is 4.49. The Bertz CT molecular complexity index is 892. The van der Waals surface area contributed by atoms with Gasteiger partial charge in [0.1, 0.15) is 5.84 Å². The van der Waals surface area contributed by atoms with Gasteiger partial charge in [0, 0.05) is 37.4 Å². The molecule has 3 aliphatic heterocycles. The molecule has 0 unspecified atom stereocenters. The minimum Gasteiger partial charge on any atom is -0.493 e. The Morgan fingerprint density at radius 1 is 1.10 bits per heavy atom. The summed E-state index contributed by atoms with van der Waals surface area (Å²) >= 11 is 0. The molecule has 1 aromatic carbocycles. The van der Waals surface area contributed by atoms with Crippen LogP contribution in [0.1, 0.15) is 25.3 Å². The molecular formula is C23H30N4O2. The van der Waals surface area contributed by atoms with Gasteiger partial charge in [-0.1, -0.05) is 0 Å². The number of hydrogen-bond donors (Lipinski definition) is 1. The van der Waals surface area contributed by atoms with Crippen LogP contribution in [0.15, 0.2) is 52.8 Å². The summed E-state index contributed by atoms with van der Waals surface area (Å²) in [6.07, 6.45) is 9.06. The second-order valence-corrected chi connectivity index (χ2v) is 7.68. The molecule has 0 radical (unpaired) electrons. The zero-order chi connectivity index (χ0) is 20.4. The Labute approximate surface area is 173 Å². The van der Waals surface area contributed by atoms with Crippen molar-refractivity contribution in [3.63, 3.8) is 0 Å². The van der Waals surface area contributed by atoms with E-state index in [4.69, 9.17) is 14.5 Å². The number of hydrogen-bond acceptors (Lipinski definition) is 6. The fourth-order valence-corrected chi connectivity index (χ4v) is 4.18. The number of rotatable bonds is 5. The van der Waals surface area contributed by atoms with E-state index in [1.54, 1.807) is 14.2 Å². The van der Waals surface area contributed by atoms with Crippen LogP contribution in [0.5, 0.6) is 11.5 Å². The Morgan fingerprint density at radius 2 is 1.86 bits per heavy atom. The summed E-state index contributed by atoms with van der Waals surface area (Å²) in [6.45, 7) is 5.14. The van der Waals surface area contributed by atoms with Gasteiger partial charge in [0.2, 0.25) is 0 Å². The number of aliphatic imine (C=N–C) groups is 1. The van der Waals surface area contributed by atoms with Gasteiger partial charge in [0.15, 0.2) is 11.5 Å². The fraction of sp³-hybridized carbons (Fsp3) is 0.435. The molecule has 0 saturated carbocycles. The molecule has 0 bridgehead atoms. The number of nitrogens with zero attached hydrogens (tertiary/aromatic N) is 3. The van der Waals surface area contributed by atoms with E-state index in [2.05, 4.69) is 47.4 Å². The molecule has 0 atom stereocenters. The maximum Gasteiger partial charge on any atom is 0.161 e. The number of fused-ring (bicyclic) bond motifs is 1. The number of nitrogens with one attached hydrogen (secondary N) is 1. The molecule has 154 valence electrons. The monoisotopic (exact) mass is 394 g/mol. The molecule has 1 N–H and O–H groups in total. The first-order valence-corrected chi connectivity index (χ1v) is 10.2. The van der Waals surface area contributed by atoms with Crippen molar-refractivity contribution < 1.29 is 9.47 Å². The average Bonchev–Trinajstić information content (AvgIpc) is 2.78. The summed E-state index contributed by atoms with van der Waals surface area (Å²) in [6, 6.07) is 6.58. The van der Waals surface area contributed by atoms with Crippen LogP contribution < -0.4 is 14.8 Å². The molecule has 1 saturated heterocycles. The second kappa shape index (κ2) is 8.33. The van der Waals surface area contributed by atoms with Gasteiger partial charge in [-0.3, -0.25) is 0 Å². The van der Waals surface area contributed by atoms with E-state index in [1.165, 1.54) is 24.1 Å². The lowest BCUT2D eigenvalue weighted by Crippen LogP contribution is -2.42. The number of benzene rings is 1. The van der Waals surface area contributed by atoms with E-state index in [0.29, 0.717) is 6.04 Å². The standard InChI is InChI=1S/C23H30N4O2/c1-16-13-19(26-10-7-18(24-2)8-11-26)15-27-12-9-20(25-23(16)27)17-5-6-21(28-3)22(14-17)29-4/h5-6,9,13-15,18,24H,7-8,10-12H2,1-4H3. The number of allylic oxidation sites excluding steroid dienone is 1. The van der Waals surface area contributed by atoms with Gasteiger partial charge in [0.05, 0.1) is 25.6 Å². The molecule has 29 heavy (non-hydrogen) atoms. The molecule has 0 amide bonds. The summed E-state index contributed by atoms with van der Waals surface area (Å²) in [4.78, 5) is 9.69. The predicted molar refractivity (Wildman–Crippen MR) is 117 cm³/mol. The van der Waals surface area contributed by atoms with Crippen LogP contribution in [0.3, 0.4) is 0 Å². The molecule has 3 heterocycles. The van der Waals surface area contributed by atoms with Crippen LogP contribution in [0.2, 0.25) is 0 Å². The largest absolute Gasteiger partial charge is 0.493 e. The van der Waals surface area contributed by atoms with Crippen molar-refractivity contribution in [1.82, 2.24) is 15.1 Å².